The number of hydrogen-bond donors (Lipinski definition) is 1. The first kappa shape index (κ1) is 17.6. The van der Waals surface area contributed by atoms with E-state index in [-0.39, 0.29) is 0 Å². The van der Waals surface area contributed by atoms with Crippen molar-refractivity contribution in [1.29, 1.82) is 0 Å². The van der Waals surface area contributed by atoms with E-state index in [9.17, 15) is 0 Å². The lowest BCUT2D eigenvalue weighted by molar-refractivity contribution is 0.238. The summed E-state index contributed by atoms with van der Waals surface area (Å²) in [5, 5.41) is 8.34. The van der Waals surface area contributed by atoms with Gasteiger partial charge in [-0.2, -0.15) is 5.10 Å². The Morgan fingerprint density at radius 2 is 2.00 bits per heavy atom. The van der Waals surface area contributed by atoms with Crippen LogP contribution in [0.25, 0.3) is 22.4 Å². The van der Waals surface area contributed by atoms with E-state index in [1.165, 1.54) is 19.3 Å². The number of nitrogens with zero attached hydrogens (tertiary/aromatic N) is 4. The van der Waals surface area contributed by atoms with Gasteiger partial charge >= 0.3 is 0 Å². The number of rotatable bonds is 3. The van der Waals surface area contributed by atoms with Crippen LogP contribution in [0.4, 0.5) is 5.82 Å². The number of aromatic nitrogens is 4. The first-order valence-corrected chi connectivity index (χ1v) is 9.67. The summed E-state index contributed by atoms with van der Waals surface area (Å²) in [7, 11) is 0. The Labute approximate surface area is 162 Å². The Hall–Kier alpha value is -1.85. The summed E-state index contributed by atoms with van der Waals surface area (Å²) in [5.41, 5.74) is 3.26. The van der Waals surface area contributed by atoms with E-state index in [1.807, 2.05) is 18.3 Å². The van der Waals surface area contributed by atoms with E-state index in [4.69, 9.17) is 28.2 Å². The normalized spacial score (nSPS) is 17.0. The third-order valence-corrected chi connectivity index (χ3v) is 6.44. The molecule has 0 amide bonds. The topological polar surface area (TPSA) is 57.7 Å². The number of halogens is 2. The lowest BCUT2D eigenvalue weighted by atomic mass is 9.78. The number of fused-ring (bicyclic) bond motifs is 1. The molecule has 5 nitrogen and oxygen atoms in total. The fourth-order valence-electron chi connectivity index (χ4n) is 3.45. The Morgan fingerprint density at radius 3 is 2.73 bits per heavy atom. The zero-order valence-electron chi connectivity index (χ0n) is 14.9. The summed E-state index contributed by atoms with van der Waals surface area (Å²) in [6.45, 7) is 6.64. The van der Waals surface area contributed by atoms with Crippen LogP contribution in [0, 0.1) is 5.41 Å². The first-order chi connectivity index (χ1) is 12.5. The number of aromatic amines is 1. The Balaban J connectivity index is 1.65. The van der Waals surface area contributed by atoms with E-state index in [1.54, 1.807) is 6.07 Å². The minimum atomic E-state index is 0.441. The molecule has 0 bridgehead atoms. The van der Waals surface area contributed by atoms with Crippen molar-refractivity contribution in [3.63, 3.8) is 0 Å². The fourth-order valence-corrected chi connectivity index (χ4v) is 3.85. The molecule has 1 saturated heterocycles. The number of hydrogen-bond acceptors (Lipinski definition) is 4. The molecule has 3 aromatic rings. The minimum Gasteiger partial charge on any atom is -0.355 e. The highest BCUT2D eigenvalue weighted by molar-refractivity contribution is 6.43. The van der Waals surface area contributed by atoms with Gasteiger partial charge in [0.15, 0.2) is 0 Å². The predicted molar refractivity (Wildman–Crippen MR) is 107 cm³/mol. The summed E-state index contributed by atoms with van der Waals surface area (Å²) >= 11 is 12.5. The minimum absolute atomic E-state index is 0.441. The molecule has 7 heteroatoms. The van der Waals surface area contributed by atoms with Crippen molar-refractivity contribution in [2.24, 2.45) is 5.41 Å². The van der Waals surface area contributed by atoms with Crippen molar-refractivity contribution in [3.8, 4) is 11.3 Å². The highest BCUT2D eigenvalue weighted by atomic mass is 35.5. The third kappa shape index (κ3) is 3.03. The summed E-state index contributed by atoms with van der Waals surface area (Å²) in [6.07, 6.45) is 5.39. The molecule has 4 rings (SSSR count). The van der Waals surface area contributed by atoms with E-state index in [2.05, 4.69) is 33.9 Å². The van der Waals surface area contributed by atoms with Crippen molar-refractivity contribution in [2.75, 3.05) is 18.0 Å². The predicted octanol–water partition coefficient (Wildman–Crippen LogP) is 5.34. The Morgan fingerprint density at radius 1 is 1.23 bits per heavy atom. The maximum Gasteiger partial charge on any atom is 0.202 e. The molecule has 1 fully saturated rings. The molecule has 1 aliphatic rings. The monoisotopic (exact) mass is 389 g/mol. The average molecular weight is 390 g/mol. The van der Waals surface area contributed by atoms with Gasteiger partial charge in [0, 0.05) is 18.7 Å². The van der Waals surface area contributed by atoms with Gasteiger partial charge in [-0.3, -0.25) is 5.10 Å². The highest BCUT2D eigenvalue weighted by Gasteiger charge is 2.29. The van der Waals surface area contributed by atoms with Crippen LogP contribution in [0.1, 0.15) is 33.1 Å². The standard InChI is InChI=1S/C19H21Cl2N5/c1-3-19(2)7-9-26(10-8-19)14-11-22-17-16(24-25-18(17)23-14)12-5-4-6-13(20)15(12)21/h4-6,11H,3,7-10H2,1-2H3,(H,23,24,25). The number of H-pyrrole nitrogens is 1. The second-order valence-electron chi connectivity index (χ2n) is 7.25. The van der Waals surface area contributed by atoms with Gasteiger partial charge in [0.2, 0.25) is 5.65 Å². The van der Waals surface area contributed by atoms with E-state index < -0.39 is 0 Å². The summed E-state index contributed by atoms with van der Waals surface area (Å²) in [5.74, 6) is 0.880. The van der Waals surface area contributed by atoms with Crippen LogP contribution in [0.15, 0.2) is 24.4 Å². The van der Waals surface area contributed by atoms with Gasteiger partial charge < -0.3 is 4.90 Å². The molecule has 0 spiro atoms. The van der Waals surface area contributed by atoms with Crippen LogP contribution in [0.3, 0.4) is 0 Å². The first-order valence-electron chi connectivity index (χ1n) is 8.91. The Bertz CT molecular complexity index is 944. The molecular weight excluding hydrogens is 369 g/mol. The van der Waals surface area contributed by atoms with Crippen molar-refractivity contribution in [2.45, 2.75) is 33.1 Å². The number of anilines is 1. The second-order valence-corrected chi connectivity index (χ2v) is 8.04. The lowest BCUT2D eigenvalue weighted by Crippen LogP contribution is -2.38. The molecule has 2 aromatic heterocycles. The van der Waals surface area contributed by atoms with Gasteiger partial charge in [-0.15, -0.1) is 0 Å². The number of benzene rings is 1. The average Bonchev–Trinajstić information content (AvgIpc) is 3.07. The van der Waals surface area contributed by atoms with Crippen LogP contribution < -0.4 is 4.90 Å². The molecular formula is C19H21Cl2N5. The number of nitrogens with one attached hydrogen (secondary N) is 1. The van der Waals surface area contributed by atoms with E-state index >= 15 is 0 Å². The van der Waals surface area contributed by atoms with E-state index in [0.717, 1.165) is 30.2 Å². The summed E-state index contributed by atoms with van der Waals surface area (Å²) in [4.78, 5) is 11.6. The van der Waals surface area contributed by atoms with Crippen molar-refractivity contribution >= 4 is 40.2 Å². The summed E-state index contributed by atoms with van der Waals surface area (Å²) < 4.78 is 0. The second kappa shape index (κ2) is 6.71. The van der Waals surface area contributed by atoms with Crippen molar-refractivity contribution in [1.82, 2.24) is 20.2 Å². The van der Waals surface area contributed by atoms with Crippen LogP contribution in [-0.4, -0.2) is 33.3 Å². The van der Waals surface area contributed by atoms with Gasteiger partial charge in [0.1, 0.15) is 11.3 Å². The SMILES string of the molecule is CCC1(C)CCN(c2cnc3c(-c4cccc(Cl)c4Cl)[nH]nc3n2)CC1. The smallest absolute Gasteiger partial charge is 0.202 e. The maximum atomic E-state index is 6.34. The molecule has 0 radical (unpaired) electrons. The van der Waals surface area contributed by atoms with Crippen LogP contribution in [-0.2, 0) is 0 Å². The van der Waals surface area contributed by atoms with Crippen molar-refractivity contribution < 1.29 is 0 Å². The molecule has 1 N–H and O–H groups in total. The molecule has 1 aromatic carbocycles. The molecule has 26 heavy (non-hydrogen) atoms. The molecule has 136 valence electrons. The third-order valence-electron chi connectivity index (χ3n) is 5.62. The zero-order chi connectivity index (χ0) is 18.3. The molecule has 0 atom stereocenters. The van der Waals surface area contributed by atoms with Gasteiger partial charge in [0.25, 0.3) is 0 Å². The fraction of sp³-hybridized carbons (Fsp3) is 0.421. The molecule has 1 aliphatic heterocycles. The lowest BCUT2D eigenvalue weighted by Gasteiger charge is -2.39. The van der Waals surface area contributed by atoms with Gasteiger partial charge in [-0.05, 0) is 24.3 Å². The summed E-state index contributed by atoms with van der Waals surface area (Å²) in [6, 6.07) is 5.51. The molecule has 3 heterocycles. The van der Waals surface area contributed by atoms with Crippen molar-refractivity contribution in [3.05, 3.63) is 34.4 Å². The van der Waals surface area contributed by atoms with Gasteiger partial charge in [0.05, 0.1) is 21.9 Å². The van der Waals surface area contributed by atoms with Gasteiger partial charge in [-0.1, -0.05) is 55.6 Å². The van der Waals surface area contributed by atoms with Crippen LogP contribution in [0.5, 0.6) is 0 Å². The number of piperidine rings is 1. The molecule has 0 unspecified atom stereocenters. The largest absolute Gasteiger partial charge is 0.355 e. The van der Waals surface area contributed by atoms with Gasteiger partial charge in [-0.25, -0.2) is 9.97 Å². The molecule has 0 saturated carbocycles. The zero-order valence-corrected chi connectivity index (χ0v) is 16.4. The molecule has 0 aliphatic carbocycles. The maximum absolute atomic E-state index is 6.34. The quantitative estimate of drug-likeness (QED) is 0.656. The van der Waals surface area contributed by atoms with E-state index in [0.29, 0.717) is 26.6 Å². The highest BCUT2D eigenvalue weighted by Crippen LogP contribution is 2.37. The van der Waals surface area contributed by atoms with Crippen LogP contribution >= 0.6 is 23.2 Å². The van der Waals surface area contributed by atoms with Crippen LogP contribution in [0.2, 0.25) is 10.0 Å². The Kier molecular flexibility index (Phi) is 4.53.